The van der Waals surface area contributed by atoms with Crippen molar-refractivity contribution in [2.24, 2.45) is 4.99 Å². The van der Waals surface area contributed by atoms with E-state index in [2.05, 4.69) is 139 Å². The first-order valence-electron chi connectivity index (χ1n) is 12.9. The van der Waals surface area contributed by atoms with Crippen LogP contribution in [0.15, 0.2) is 59.6 Å². The monoisotopic (exact) mass is 583 g/mol. The minimum atomic E-state index is 0. The molecule has 0 saturated heterocycles. The zero-order valence-electron chi connectivity index (χ0n) is 25.1. The summed E-state index contributed by atoms with van der Waals surface area (Å²) in [5.74, 6) is 0. The van der Waals surface area contributed by atoms with Gasteiger partial charge in [0, 0.05) is 5.71 Å². The molecule has 0 N–H and O–H groups in total. The van der Waals surface area contributed by atoms with E-state index >= 15 is 0 Å². The Morgan fingerprint density at radius 3 is 1.03 bits per heavy atom. The molecule has 3 aromatic rings. The van der Waals surface area contributed by atoms with Crippen LogP contribution in [0.5, 0.6) is 0 Å². The molecule has 3 aromatic carbocycles. The first kappa shape index (κ1) is 34.6. The summed E-state index contributed by atoms with van der Waals surface area (Å²) in [5.41, 5.74) is 12.1. The number of benzene rings is 3. The second kappa shape index (κ2) is 17.2. The van der Waals surface area contributed by atoms with Crippen molar-refractivity contribution in [1.29, 1.82) is 0 Å². The summed E-state index contributed by atoms with van der Waals surface area (Å²) >= 11 is 0. The van der Waals surface area contributed by atoms with E-state index in [1.54, 1.807) is 0 Å². The maximum Gasteiger partial charge on any atom is 2.00 e. The minimum Gasteiger partial charge on any atom is -0.682 e. The van der Waals surface area contributed by atoms with Gasteiger partial charge >= 0.3 is 21.1 Å². The molecule has 0 aromatic heterocycles. The molecule has 0 heterocycles. The second-order valence-corrected chi connectivity index (χ2v) is 10.5. The number of aliphatic imine (C=N–C) groups is 1. The largest absolute Gasteiger partial charge is 2.00 e. The Balaban J connectivity index is 0.000000518. The Hall–Kier alpha value is -2.38. The summed E-state index contributed by atoms with van der Waals surface area (Å²) in [6, 6.07) is 19.9. The quantitative estimate of drug-likeness (QED) is 0.212. The zero-order valence-corrected chi connectivity index (χ0v) is 27.1. The van der Waals surface area contributed by atoms with E-state index in [0.717, 1.165) is 22.8 Å². The number of aryl methyl sites for hydroxylation is 6. The van der Waals surface area contributed by atoms with Crippen molar-refractivity contribution < 1.29 is 21.1 Å². The average molecular weight is 582 g/mol. The summed E-state index contributed by atoms with van der Waals surface area (Å²) < 4.78 is 0. The molecular weight excluding hydrogens is 534 g/mol. The van der Waals surface area contributed by atoms with Crippen LogP contribution < -0.4 is 0 Å². The topological polar surface area (TPSA) is 40.6 Å². The first-order chi connectivity index (χ1) is 16.7. The molecule has 0 saturated carbocycles. The molecular formula is C33H47MoN3. The maximum atomic E-state index is 4.48. The molecule has 0 aliphatic heterocycles. The van der Waals surface area contributed by atoms with Crippen molar-refractivity contribution in [3.63, 3.8) is 0 Å². The molecule has 0 radical (unpaired) electrons. The van der Waals surface area contributed by atoms with Crippen molar-refractivity contribution in [2.75, 3.05) is 0 Å². The molecule has 0 aliphatic carbocycles. The molecule has 0 atom stereocenters. The Labute approximate surface area is 241 Å². The van der Waals surface area contributed by atoms with Crippen LogP contribution in [0, 0.1) is 41.5 Å². The molecule has 3 rings (SSSR count). The Morgan fingerprint density at radius 2 is 0.784 bits per heavy atom. The van der Waals surface area contributed by atoms with Crippen LogP contribution in [0.2, 0.25) is 0 Å². The van der Waals surface area contributed by atoms with Crippen LogP contribution >= 0.6 is 0 Å². The Morgan fingerprint density at radius 1 is 0.514 bits per heavy atom. The predicted molar refractivity (Wildman–Crippen MR) is 163 cm³/mol. The van der Waals surface area contributed by atoms with Crippen LogP contribution in [0.3, 0.4) is 0 Å². The Bertz CT molecular complexity index is 1010. The van der Waals surface area contributed by atoms with Gasteiger partial charge in [-0.3, -0.25) is 4.99 Å². The zero-order chi connectivity index (χ0) is 27.4. The van der Waals surface area contributed by atoms with Crippen molar-refractivity contribution in [1.82, 2.24) is 0 Å². The fourth-order valence-electron chi connectivity index (χ4n) is 3.92. The minimum absolute atomic E-state index is 0. The molecule has 0 aliphatic rings. The van der Waals surface area contributed by atoms with Crippen molar-refractivity contribution in [2.45, 2.75) is 95.2 Å². The van der Waals surface area contributed by atoms with E-state index in [9.17, 15) is 0 Å². The molecule has 3 nitrogen and oxygen atoms in total. The molecule has 4 heteroatoms. The maximum absolute atomic E-state index is 4.48. The summed E-state index contributed by atoms with van der Waals surface area (Å²) in [5, 5.41) is 8.96. The number of nitrogens with zero attached hydrogens (tertiary/aromatic N) is 3. The normalized spacial score (nSPS) is 9.89. The second-order valence-electron chi connectivity index (χ2n) is 10.5. The van der Waals surface area contributed by atoms with Gasteiger partial charge in [-0.15, -0.1) is 23.5 Å². The van der Waals surface area contributed by atoms with E-state index in [-0.39, 0.29) is 21.1 Å². The van der Waals surface area contributed by atoms with E-state index in [1.807, 2.05) is 13.8 Å². The molecule has 0 bridgehead atoms. The standard InChI is InChI=1S/2C11H16N.C11H15N.Mo/c3*1-8(2)12-11-6-9(3)5-10(4)7-11;/h2*5-8H,1-4H3;5-7H,1-4H3;/q2*-1;;+2. The summed E-state index contributed by atoms with van der Waals surface area (Å²) in [7, 11) is 0. The van der Waals surface area contributed by atoms with Gasteiger partial charge in [-0.05, 0) is 78.6 Å². The van der Waals surface area contributed by atoms with E-state index in [1.165, 1.54) is 33.4 Å². The van der Waals surface area contributed by atoms with Crippen LogP contribution in [0.25, 0.3) is 10.6 Å². The first-order valence-corrected chi connectivity index (χ1v) is 12.9. The molecule has 200 valence electrons. The molecule has 0 unspecified atom stereocenters. The molecule has 0 amide bonds. The fraction of sp³-hybridized carbons (Fsp3) is 0.424. The van der Waals surface area contributed by atoms with Crippen LogP contribution in [-0.2, 0) is 21.1 Å². The molecule has 0 fully saturated rings. The van der Waals surface area contributed by atoms with E-state index in [0.29, 0.717) is 12.1 Å². The summed E-state index contributed by atoms with van der Waals surface area (Å²) in [6.45, 7) is 25.0. The number of hydrogen-bond donors (Lipinski definition) is 0. The van der Waals surface area contributed by atoms with E-state index < -0.39 is 0 Å². The van der Waals surface area contributed by atoms with Gasteiger partial charge in [-0.25, -0.2) is 0 Å². The van der Waals surface area contributed by atoms with Gasteiger partial charge in [0.2, 0.25) is 0 Å². The van der Waals surface area contributed by atoms with Gasteiger partial charge in [0.15, 0.2) is 0 Å². The van der Waals surface area contributed by atoms with Gasteiger partial charge in [-0.2, -0.15) is 0 Å². The summed E-state index contributed by atoms with van der Waals surface area (Å²) in [4.78, 5) is 4.40. The number of hydrogen-bond acceptors (Lipinski definition) is 1. The van der Waals surface area contributed by atoms with Crippen molar-refractivity contribution in [3.8, 4) is 0 Å². The third-order valence-electron chi connectivity index (χ3n) is 4.79. The van der Waals surface area contributed by atoms with Gasteiger partial charge in [0.25, 0.3) is 0 Å². The fourth-order valence-corrected chi connectivity index (χ4v) is 3.92. The van der Waals surface area contributed by atoms with Gasteiger partial charge in [0.05, 0.1) is 5.69 Å². The van der Waals surface area contributed by atoms with Crippen LogP contribution in [-0.4, -0.2) is 17.8 Å². The van der Waals surface area contributed by atoms with Gasteiger partial charge in [-0.1, -0.05) is 92.4 Å². The molecule has 37 heavy (non-hydrogen) atoms. The Kier molecular flexibility index (Phi) is 16.1. The van der Waals surface area contributed by atoms with Gasteiger partial charge < -0.3 is 10.6 Å². The van der Waals surface area contributed by atoms with Crippen molar-refractivity contribution in [3.05, 3.63) is 98.6 Å². The van der Waals surface area contributed by atoms with Gasteiger partial charge in [0.1, 0.15) is 0 Å². The SMILES string of the molecule is CC(C)=Nc1cc(C)cc(C)c1.Cc1cc(C)cc([N-]C(C)C)c1.Cc1cc(C)cc([N-]C(C)C)c1.[Mo+2]. The van der Waals surface area contributed by atoms with Crippen molar-refractivity contribution >= 4 is 22.8 Å². The molecule has 0 spiro atoms. The number of rotatable bonds is 5. The van der Waals surface area contributed by atoms with E-state index in [4.69, 9.17) is 0 Å². The third kappa shape index (κ3) is 16.2. The average Bonchev–Trinajstić information content (AvgIpc) is 2.64. The summed E-state index contributed by atoms with van der Waals surface area (Å²) in [6.07, 6.45) is 0. The van der Waals surface area contributed by atoms with Crippen LogP contribution in [0.1, 0.15) is 74.9 Å². The third-order valence-corrected chi connectivity index (χ3v) is 4.79. The smallest absolute Gasteiger partial charge is 0.682 e. The predicted octanol–water partition coefficient (Wildman–Crippen LogP) is 10.8. The van der Waals surface area contributed by atoms with Crippen LogP contribution in [0.4, 0.5) is 17.1 Å².